The maximum atomic E-state index is 3.84. The van der Waals surface area contributed by atoms with Gasteiger partial charge in [-0.05, 0) is 54.9 Å². The molecule has 0 fully saturated rings. The fraction of sp³-hybridized carbons (Fsp3) is 0.474. The summed E-state index contributed by atoms with van der Waals surface area (Å²) in [5.41, 5.74) is 4.75. The Morgan fingerprint density at radius 3 is 2.71 bits per heavy atom. The second-order valence-electron chi connectivity index (χ2n) is 6.95. The molecule has 0 saturated carbocycles. The summed E-state index contributed by atoms with van der Waals surface area (Å²) in [5.74, 6) is 0. The van der Waals surface area contributed by atoms with Crippen molar-refractivity contribution < 1.29 is 0 Å². The van der Waals surface area contributed by atoms with E-state index in [1.165, 1.54) is 39.3 Å². The van der Waals surface area contributed by atoms with E-state index in [0.717, 1.165) is 6.54 Å². The zero-order valence-electron chi connectivity index (χ0n) is 13.5. The molecule has 1 atom stereocenters. The van der Waals surface area contributed by atoms with Crippen LogP contribution in [0.5, 0.6) is 0 Å². The van der Waals surface area contributed by atoms with Gasteiger partial charge < -0.3 is 5.32 Å². The highest BCUT2D eigenvalue weighted by Crippen LogP contribution is 2.43. The summed E-state index contributed by atoms with van der Waals surface area (Å²) < 4.78 is 0. The van der Waals surface area contributed by atoms with Gasteiger partial charge >= 0.3 is 0 Å². The van der Waals surface area contributed by atoms with Gasteiger partial charge in [-0.15, -0.1) is 11.3 Å². The van der Waals surface area contributed by atoms with Crippen molar-refractivity contribution in [2.24, 2.45) is 5.41 Å². The lowest BCUT2D eigenvalue weighted by molar-refractivity contribution is 0.208. The van der Waals surface area contributed by atoms with Gasteiger partial charge in [-0.1, -0.05) is 38.1 Å². The molecule has 0 aliphatic heterocycles. The highest BCUT2D eigenvalue weighted by atomic mass is 32.1. The molecule has 1 N–H and O–H groups in total. The summed E-state index contributed by atoms with van der Waals surface area (Å²) in [6.07, 6.45) is 2.46. The maximum Gasteiger partial charge on any atom is 0.0377 e. The van der Waals surface area contributed by atoms with Crippen molar-refractivity contribution in [3.63, 3.8) is 0 Å². The average molecular weight is 299 g/mol. The number of fused-ring (bicyclic) bond motifs is 1. The molecule has 0 spiro atoms. The summed E-state index contributed by atoms with van der Waals surface area (Å²) in [5, 5.41) is 3.84. The SMILES string of the molecule is Cc1cc(CNC2c3ccccc3CCC2(C)C)sc1C. The number of thiophene rings is 1. The highest BCUT2D eigenvalue weighted by Gasteiger charge is 2.35. The number of hydrogen-bond donors (Lipinski definition) is 1. The van der Waals surface area contributed by atoms with Crippen LogP contribution >= 0.6 is 11.3 Å². The molecule has 2 heteroatoms. The van der Waals surface area contributed by atoms with Crippen molar-refractivity contribution in [2.75, 3.05) is 0 Å². The summed E-state index contributed by atoms with van der Waals surface area (Å²) >= 11 is 1.92. The van der Waals surface area contributed by atoms with Crippen LogP contribution in [0.2, 0.25) is 0 Å². The largest absolute Gasteiger partial charge is 0.305 e. The zero-order chi connectivity index (χ0) is 15.0. The molecule has 0 radical (unpaired) electrons. The zero-order valence-corrected chi connectivity index (χ0v) is 14.3. The second-order valence-corrected chi connectivity index (χ2v) is 8.29. The molecule has 0 bridgehead atoms. The molecular weight excluding hydrogens is 274 g/mol. The molecule has 21 heavy (non-hydrogen) atoms. The third-order valence-electron chi connectivity index (χ3n) is 4.88. The van der Waals surface area contributed by atoms with Crippen LogP contribution < -0.4 is 5.32 Å². The van der Waals surface area contributed by atoms with Crippen LogP contribution in [0.1, 0.15) is 52.8 Å². The fourth-order valence-electron chi connectivity index (χ4n) is 3.39. The molecule has 1 aliphatic rings. The van der Waals surface area contributed by atoms with Gasteiger partial charge in [0.2, 0.25) is 0 Å². The number of nitrogens with one attached hydrogen (secondary N) is 1. The van der Waals surface area contributed by atoms with Gasteiger partial charge in [0.25, 0.3) is 0 Å². The van der Waals surface area contributed by atoms with Crippen LogP contribution in [-0.2, 0) is 13.0 Å². The van der Waals surface area contributed by atoms with Crippen molar-refractivity contribution in [3.8, 4) is 0 Å². The van der Waals surface area contributed by atoms with E-state index >= 15 is 0 Å². The van der Waals surface area contributed by atoms with Gasteiger partial charge in [0, 0.05) is 22.3 Å². The Labute approximate surface area is 132 Å². The average Bonchev–Trinajstić information content (AvgIpc) is 2.76. The Balaban J connectivity index is 1.82. The lowest BCUT2D eigenvalue weighted by atomic mass is 9.70. The van der Waals surface area contributed by atoms with Crippen LogP contribution in [0.3, 0.4) is 0 Å². The Bertz CT molecular complexity index is 619. The lowest BCUT2D eigenvalue weighted by Gasteiger charge is -2.40. The van der Waals surface area contributed by atoms with E-state index in [1.807, 2.05) is 11.3 Å². The molecule has 1 unspecified atom stereocenters. The Hall–Kier alpha value is -1.12. The van der Waals surface area contributed by atoms with Crippen LogP contribution in [0.15, 0.2) is 30.3 Å². The first-order valence-corrected chi connectivity index (χ1v) is 8.66. The van der Waals surface area contributed by atoms with E-state index in [9.17, 15) is 0 Å². The minimum absolute atomic E-state index is 0.315. The summed E-state index contributed by atoms with van der Waals surface area (Å²) in [6, 6.07) is 11.7. The highest BCUT2D eigenvalue weighted by molar-refractivity contribution is 7.12. The van der Waals surface area contributed by atoms with Gasteiger partial charge in [0.1, 0.15) is 0 Å². The standard InChI is InChI=1S/C19H25NS/c1-13-11-16(21-14(13)2)12-20-18-17-8-6-5-7-15(17)9-10-19(18,3)4/h5-8,11,18,20H,9-10,12H2,1-4H3. The molecule has 1 aromatic carbocycles. The number of benzene rings is 1. The molecular formula is C19H25NS. The topological polar surface area (TPSA) is 12.0 Å². The van der Waals surface area contributed by atoms with E-state index in [4.69, 9.17) is 0 Å². The maximum absolute atomic E-state index is 3.84. The Morgan fingerprint density at radius 2 is 2.00 bits per heavy atom. The van der Waals surface area contributed by atoms with Crippen LogP contribution in [0, 0.1) is 19.3 Å². The van der Waals surface area contributed by atoms with E-state index in [1.54, 1.807) is 0 Å². The van der Waals surface area contributed by atoms with Gasteiger partial charge in [-0.2, -0.15) is 0 Å². The Kier molecular flexibility index (Phi) is 3.94. The minimum Gasteiger partial charge on any atom is -0.305 e. The van der Waals surface area contributed by atoms with Crippen molar-refractivity contribution in [2.45, 2.75) is 53.1 Å². The Morgan fingerprint density at radius 1 is 1.24 bits per heavy atom. The van der Waals surface area contributed by atoms with E-state index in [2.05, 4.69) is 63.3 Å². The number of rotatable bonds is 3. The summed E-state index contributed by atoms with van der Waals surface area (Å²) in [7, 11) is 0. The van der Waals surface area contributed by atoms with Crippen LogP contribution in [0.4, 0.5) is 0 Å². The fourth-order valence-corrected chi connectivity index (χ4v) is 4.40. The van der Waals surface area contributed by atoms with Gasteiger partial charge in [0.05, 0.1) is 0 Å². The van der Waals surface area contributed by atoms with Gasteiger partial charge in [0.15, 0.2) is 0 Å². The predicted molar refractivity (Wildman–Crippen MR) is 91.9 cm³/mol. The minimum atomic E-state index is 0.315. The molecule has 0 amide bonds. The van der Waals surface area contributed by atoms with Crippen molar-refractivity contribution >= 4 is 11.3 Å². The molecule has 112 valence electrons. The van der Waals surface area contributed by atoms with Gasteiger partial charge in [-0.25, -0.2) is 0 Å². The summed E-state index contributed by atoms with van der Waals surface area (Å²) in [6.45, 7) is 10.2. The second kappa shape index (κ2) is 5.58. The normalized spacial score (nSPS) is 20.3. The van der Waals surface area contributed by atoms with Crippen molar-refractivity contribution in [1.29, 1.82) is 0 Å². The molecule has 2 aromatic rings. The first-order chi connectivity index (χ1) is 9.97. The van der Waals surface area contributed by atoms with E-state index in [0.29, 0.717) is 11.5 Å². The third-order valence-corrected chi connectivity index (χ3v) is 6.04. The molecule has 1 heterocycles. The number of aryl methyl sites for hydroxylation is 3. The molecule has 0 saturated heterocycles. The molecule has 1 aliphatic carbocycles. The van der Waals surface area contributed by atoms with Crippen LogP contribution in [-0.4, -0.2) is 0 Å². The monoisotopic (exact) mass is 299 g/mol. The smallest absolute Gasteiger partial charge is 0.0377 e. The molecule has 1 nitrogen and oxygen atoms in total. The predicted octanol–water partition coefficient (Wildman–Crippen LogP) is 5.17. The van der Waals surface area contributed by atoms with E-state index in [-0.39, 0.29) is 0 Å². The first-order valence-electron chi connectivity index (χ1n) is 7.84. The van der Waals surface area contributed by atoms with Crippen LogP contribution in [0.25, 0.3) is 0 Å². The molecule has 3 rings (SSSR count). The first kappa shape index (κ1) is 14.8. The molecule has 1 aromatic heterocycles. The van der Waals surface area contributed by atoms with Crippen molar-refractivity contribution in [1.82, 2.24) is 5.32 Å². The van der Waals surface area contributed by atoms with E-state index < -0.39 is 0 Å². The quantitative estimate of drug-likeness (QED) is 0.824. The summed E-state index contributed by atoms with van der Waals surface area (Å²) in [4.78, 5) is 2.89. The van der Waals surface area contributed by atoms with Crippen molar-refractivity contribution in [3.05, 3.63) is 56.8 Å². The third kappa shape index (κ3) is 2.93. The lowest BCUT2D eigenvalue weighted by Crippen LogP contribution is -2.37. The number of hydrogen-bond acceptors (Lipinski definition) is 2. The van der Waals surface area contributed by atoms with Gasteiger partial charge in [-0.3, -0.25) is 0 Å².